The molecule has 4 heterocycles. The summed E-state index contributed by atoms with van der Waals surface area (Å²) in [7, 11) is 1.94. The Morgan fingerprint density at radius 2 is 1.74 bits per heavy atom. The molecule has 9 nitrogen and oxygen atoms in total. The molecule has 0 bridgehead atoms. The van der Waals surface area contributed by atoms with Crippen LogP contribution >= 0.6 is 0 Å². The van der Waals surface area contributed by atoms with E-state index < -0.39 is 24.0 Å². The highest BCUT2D eigenvalue weighted by molar-refractivity contribution is 6.04. The zero-order chi connectivity index (χ0) is 26.9. The molecule has 3 aliphatic heterocycles. The zero-order valence-electron chi connectivity index (χ0n) is 22.3. The second kappa shape index (κ2) is 8.86. The smallest absolute Gasteiger partial charge is 0.481 e. The van der Waals surface area contributed by atoms with Crippen molar-refractivity contribution in [3.8, 4) is 5.75 Å². The molecule has 1 N–H and O–H groups in total. The molecule has 0 amide bonds. The van der Waals surface area contributed by atoms with Gasteiger partial charge in [-0.1, -0.05) is 24.3 Å². The van der Waals surface area contributed by atoms with Crippen molar-refractivity contribution < 1.29 is 23.7 Å². The lowest BCUT2D eigenvalue weighted by molar-refractivity contribution is -0.0493. The Hall–Kier alpha value is -3.82. The van der Waals surface area contributed by atoms with Crippen LogP contribution < -0.4 is 15.5 Å². The minimum absolute atomic E-state index is 0.0745. The van der Waals surface area contributed by atoms with Gasteiger partial charge in [-0.3, -0.25) is 9.69 Å². The predicted molar refractivity (Wildman–Crippen MR) is 149 cm³/mol. The topological polar surface area (TPSA) is 91.3 Å². The summed E-state index contributed by atoms with van der Waals surface area (Å²) < 4.78 is 25.4. The maximum absolute atomic E-state index is 14.1. The first-order valence-corrected chi connectivity index (χ1v) is 13.4. The van der Waals surface area contributed by atoms with Gasteiger partial charge in [0.1, 0.15) is 5.60 Å². The number of carbonyl (C=O) groups excluding carboxylic acids is 1. The van der Waals surface area contributed by atoms with E-state index in [1.165, 1.54) is 0 Å². The van der Waals surface area contributed by atoms with Gasteiger partial charge in [-0.2, -0.15) is 0 Å². The normalized spacial score (nSPS) is 22.3. The fraction of sp³-hybridized carbons (Fsp3) is 0.400. The number of carbonyl (C=O) groups is 1. The van der Waals surface area contributed by atoms with E-state index in [4.69, 9.17) is 18.9 Å². The molecule has 3 aliphatic rings. The van der Waals surface area contributed by atoms with E-state index in [-0.39, 0.29) is 5.43 Å². The van der Waals surface area contributed by atoms with Gasteiger partial charge in [0.15, 0.2) is 23.4 Å². The molecule has 7 rings (SSSR count). The Kier molecular flexibility index (Phi) is 5.50. The maximum atomic E-state index is 14.1. The van der Waals surface area contributed by atoms with Gasteiger partial charge in [0.2, 0.25) is 0 Å². The summed E-state index contributed by atoms with van der Waals surface area (Å²) in [6.45, 7) is 8.50. The van der Waals surface area contributed by atoms with Crippen LogP contribution in [-0.2, 0) is 21.3 Å². The molecule has 202 valence electrons. The number of anilines is 1. The highest BCUT2D eigenvalue weighted by Crippen LogP contribution is 2.52. The van der Waals surface area contributed by atoms with E-state index in [0.717, 1.165) is 49.1 Å². The first kappa shape index (κ1) is 24.2. The van der Waals surface area contributed by atoms with E-state index in [0.29, 0.717) is 39.8 Å². The molecule has 0 radical (unpaired) electrons. The maximum Gasteiger partial charge on any atom is 0.509 e. The number of rotatable bonds is 4. The number of ether oxygens (including phenoxy) is 4. The van der Waals surface area contributed by atoms with Crippen molar-refractivity contribution in [3.05, 3.63) is 58.3 Å². The third kappa shape index (κ3) is 3.83. The van der Waals surface area contributed by atoms with Crippen LogP contribution in [0.2, 0.25) is 0 Å². The third-order valence-electron chi connectivity index (χ3n) is 8.24. The molecule has 4 aromatic rings. The molecule has 0 saturated carbocycles. The average molecular weight is 530 g/mol. The third-order valence-corrected chi connectivity index (χ3v) is 8.24. The Morgan fingerprint density at radius 3 is 2.51 bits per heavy atom. The van der Waals surface area contributed by atoms with E-state index in [1.807, 2.05) is 67.9 Å². The number of hydrogen-bond acceptors (Lipinski definition) is 8. The van der Waals surface area contributed by atoms with Crippen molar-refractivity contribution >= 4 is 44.4 Å². The Morgan fingerprint density at radius 1 is 1.00 bits per heavy atom. The molecule has 0 unspecified atom stereocenters. The van der Waals surface area contributed by atoms with Gasteiger partial charge in [0.25, 0.3) is 0 Å². The van der Waals surface area contributed by atoms with Gasteiger partial charge in [-0.15, -0.1) is 0 Å². The van der Waals surface area contributed by atoms with Crippen LogP contribution in [0.25, 0.3) is 32.6 Å². The lowest BCUT2D eigenvalue weighted by Gasteiger charge is -2.40. The molecular formula is C30H31N3O6. The molecule has 39 heavy (non-hydrogen) atoms. The van der Waals surface area contributed by atoms with E-state index in [1.54, 1.807) is 0 Å². The quantitative estimate of drug-likeness (QED) is 0.309. The number of aromatic nitrogens is 1. The number of benzene rings is 3. The summed E-state index contributed by atoms with van der Waals surface area (Å²) >= 11 is 0. The van der Waals surface area contributed by atoms with Gasteiger partial charge in [-0.05, 0) is 42.8 Å². The second-order valence-electron chi connectivity index (χ2n) is 11.1. The van der Waals surface area contributed by atoms with Gasteiger partial charge in [-0.25, -0.2) is 4.79 Å². The molecule has 3 aromatic carbocycles. The van der Waals surface area contributed by atoms with Crippen molar-refractivity contribution in [1.82, 2.24) is 9.47 Å². The minimum Gasteiger partial charge on any atom is -0.481 e. The van der Waals surface area contributed by atoms with Crippen LogP contribution in [0.15, 0.2) is 47.3 Å². The number of aryl methyl sites for hydroxylation is 1. The first-order valence-electron chi connectivity index (χ1n) is 13.4. The van der Waals surface area contributed by atoms with Crippen LogP contribution in [-0.4, -0.2) is 66.7 Å². The number of fused-ring (bicyclic) bond motifs is 7. The fourth-order valence-electron chi connectivity index (χ4n) is 6.24. The van der Waals surface area contributed by atoms with Gasteiger partial charge in [0.05, 0.1) is 35.5 Å². The number of pyridine rings is 1. The zero-order valence-corrected chi connectivity index (χ0v) is 22.3. The molecule has 1 aromatic heterocycles. The standard InChI is InChI=1S/C30H31N3O6/c1-30(2)28-27(37-29(35)38-28)23-24-20(16-21(26(23)39-30)31-8-9-33-10-12-36-13-11-33)25(34)19-14-17-6-4-5-7-18(17)15-22(19)32(24)3/h4-7,14-16,27-28,31H,8-13H2,1-3H3/t27-,28-/m1/s1. The molecule has 0 spiro atoms. The second-order valence-corrected chi connectivity index (χ2v) is 11.1. The fourth-order valence-corrected chi connectivity index (χ4v) is 6.24. The monoisotopic (exact) mass is 529 g/mol. The van der Waals surface area contributed by atoms with E-state index >= 15 is 0 Å². The summed E-state index contributed by atoms with van der Waals surface area (Å²) in [4.78, 5) is 28.8. The van der Waals surface area contributed by atoms with Crippen LogP contribution in [0.5, 0.6) is 5.75 Å². The lowest BCUT2D eigenvalue weighted by Crippen LogP contribution is -2.48. The molecular weight excluding hydrogens is 498 g/mol. The van der Waals surface area contributed by atoms with Crippen molar-refractivity contribution in [2.75, 3.05) is 44.7 Å². The van der Waals surface area contributed by atoms with Crippen LogP contribution in [0.3, 0.4) is 0 Å². The van der Waals surface area contributed by atoms with Crippen LogP contribution in [0.4, 0.5) is 10.5 Å². The number of nitrogens with zero attached hydrogens (tertiary/aromatic N) is 2. The minimum atomic E-state index is -0.829. The average Bonchev–Trinajstić information content (AvgIpc) is 3.34. The Balaban J connectivity index is 1.45. The van der Waals surface area contributed by atoms with E-state index in [9.17, 15) is 9.59 Å². The van der Waals surface area contributed by atoms with Gasteiger partial charge in [0, 0.05) is 44.0 Å². The summed E-state index contributed by atoms with van der Waals surface area (Å²) in [6.07, 6.45) is -2.08. The highest BCUT2D eigenvalue weighted by atomic mass is 16.8. The van der Waals surface area contributed by atoms with E-state index in [2.05, 4.69) is 10.2 Å². The van der Waals surface area contributed by atoms with Crippen molar-refractivity contribution in [1.29, 1.82) is 0 Å². The van der Waals surface area contributed by atoms with Crippen LogP contribution in [0.1, 0.15) is 25.5 Å². The SMILES string of the molecule is Cn1c2cc3ccccc3cc2c(=O)c2cc(NCCN3CCOCC3)c3c(c21)[C@H]1OC(=O)O[C@H]1C(C)(C)O3. The number of morpholine rings is 1. The summed E-state index contributed by atoms with van der Waals surface area (Å²) in [5.74, 6) is 0.587. The molecule has 9 heteroatoms. The molecule has 2 fully saturated rings. The van der Waals surface area contributed by atoms with Crippen molar-refractivity contribution in [3.63, 3.8) is 0 Å². The van der Waals surface area contributed by atoms with Crippen LogP contribution in [0, 0.1) is 0 Å². The van der Waals surface area contributed by atoms with Gasteiger partial charge >= 0.3 is 6.16 Å². The number of hydrogen-bond donors (Lipinski definition) is 1. The lowest BCUT2D eigenvalue weighted by atomic mass is 9.86. The molecule has 2 saturated heterocycles. The van der Waals surface area contributed by atoms with Crippen molar-refractivity contribution in [2.45, 2.75) is 31.7 Å². The predicted octanol–water partition coefficient (Wildman–Crippen LogP) is 4.34. The van der Waals surface area contributed by atoms with Crippen molar-refractivity contribution in [2.24, 2.45) is 7.05 Å². The summed E-state index contributed by atoms with van der Waals surface area (Å²) in [5.41, 5.74) is 1.94. The number of nitrogens with one attached hydrogen (secondary N) is 1. The summed E-state index contributed by atoms with van der Waals surface area (Å²) in [6, 6.07) is 13.9. The Labute approximate surface area is 225 Å². The molecule has 2 atom stereocenters. The summed E-state index contributed by atoms with van der Waals surface area (Å²) in [5, 5.41) is 6.75. The Bertz CT molecular complexity index is 1700. The van der Waals surface area contributed by atoms with Gasteiger partial charge < -0.3 is 28.8 Å². The largest absolute Gasteiger partial charge is 0.509 e. The molecule has 0 aliphatic carbocycles. The first-order chi connectivity index (χ1) is 18.8. The highest BCUT2D eigenvalue weighted by Gasteiger charge is 2.54.